The Morgan fingerprint density at radius 1 is 1.03 bits per heavy atom. The summed E-state index contributed by atoms with van der Waals surface area (Å²) in [5, 5.41) is 2.29. The van der Waals surface area contributed by atoms with Crippen molar-refractivity contribution in [2.45, 2.75) is 11.8 Å². The number of imide groups is 1. The number of fused-ring (bicyclic) bond motifs is 1. The van der Waals surface area contributed by atoms with Gasteiger partial charge < -0.3 is 9.15 Å². The lowest BCUT2D eigenvalue weighted by atomic mass is 10.1. The van der Waals surface area contributed by atoms with Crippen molar-refractivity contribution >= 4 is 35.0 Å². The Kier molecular flexibility index (Phi) is 5.90. The molecule has 156 valence electrons. The standard InChI is InChI=1S/C23H19N3O4S/c1-14-7-3-4-8-16(14)22-24-18-13-15(11-12-20(18)30-22)31-26-23(28)25-21(27)17-9-5-6-10-19(17)29-2/h3-13H,1-2H3,(H2,25,26,27,28). The zero-order valence-electron chi connectivity index (χ0n) is 16.8. The number of rotatable bonds is 5. The van der Waals surface area contributed by atoms with Crippen molar-refractivity contribution in [2.75, 3.05) is 7.11 Å². The maximum Gasteiger partial charge on any atom is 0.331 e. The Hall–Kier alpha value is -3.78. The molecule has 1 aromatic heterocycles. The first kappa shape index (κ1) is 20.5. The highest BCUT2D eigenvalue weighted by molar-refractivity contribution is 7.98. The van der Waals surface area contributed by atoms with Crippen LogP contribution in [0.1, 0.15) is 15.9 Å². The van der Waals surface area contributed by atoms with Gasteiger partial charge in [0.25, 0.3) is 5.91 Å². The van der Waals surface area contributed by atoms with Gasteiger partial charge in [0.2, 0.25) is 5.89 Å². The Labute approximate surface area is 182 Å². The second-order valence-corrected chi connectivity index (χ2v) is 7.53. The predicted octanol–water partition coefficient (Wildman–Crippen LogP) is 4.96. The van der Waals surface area contributed by atoms with Crippen LogP contribution >= 0.6 is 11.9 Å². The van der Waals surface area contributed by atoms with E-state index in [-0.39, 0.29) is 5.56 Å². The molecule has 0 aliphatic heterocycles. The van der Waals surface area contributed by atoms with E-state index in [1.165, 1.54) is 7.11 Å². The van der Waals surface area contributed by atoms with Crippen LogP contribution in [0.25, 0.3) is 22.6 Å². The molecular weight excluding hydrogens is 414 g/mol. The first-order valence-electron chi connectivity index (χ1n) is 9.43. The number of aromatic nitrogens is 1. The Morgan fingerprint density at radius 2 is 1.81 bits per heavy atom. The molecule has 1 heterocycles. The number of nitrogens with zero attached hydrogens (tertiary/aromatic N) is 1. The van der Waals surface area contributed by atoms with E-state index in [2.05, 4.69) is 15.0 Å². The second kappa shape index (κ2) is 8.93. The Balaban J connectivity index is 1.42. The van der Waals surface area contributed by atoms with Gasteiger partial charge >= 0.3 is 6.03 Å². The lowest BCUT2D eigenvalue weighted by Gasteiger charge is -2.09. The number of benzene rings is 3. The molecule has 0 bridgehead atoms. The molecular formula is C23H19N3O4S. The molecule has 4 aromatic rings. The van der Waals surface area contributed by atoms with E-state index in [4.69, 9.17) is 9.15 Å². The van der Waals surface area contributed by atoms with E-state index in [1.807, 2.05) is 43.3 Å². The Morgan fingerprint density at radius 3 is 2.61 bits per heavy atom. The largest absolute Gasteiger partial charge is 0.496 e. The number of methoxy groups -OCH3 is 1. The minimum absolute atomic E-state index is 0.276. The minimum Gasteiger partial charge on any atom is -0.496 e. The molecule has 0 radical (unpaired) electrons. The maximum absolute atomic E-state index is 12.3. The smallest absolute Gasteiger partial charge is 0.331 e. The number of carbonyl (C=O) groups excluding carboxylic acids is 2. The van der Waals surface area contributed by atoms with Crippen molar-refractivity contribution < 1.29 is 18.7 Å². The molecule has 2 N–H and O–H groups in total. The highest BCUT2D eigenvalue weighted by Crippen LogP contribution is 2.28. The van der Waals surface area contributed by atoms with Gasteiger partial charge in [0, 0.05) is 10.5 Å². The molecule has 7 nitrogen and oxygen atoms in total. The predicted molar refractivity (Wildman–Crippen MR) is 119 cm³/mol. The number of nitrogens with one attached hydrogen (secondary N) is 2. The minimum atomic E-state index is -0.637. The fourth-order valence-electron chi connectivity index (χ4n) is 3.03. The van der Waals surface area contributed by atoms with Crippen molar-refractivity contribution in [2.24, 2.45) is 0 Å². The van der Waals surface area contributed by atoms with Gasteiger partial charge in [-0.2, -0.15) is 0 Å². The fourth-order valence-corrected chi connectivity index (χ4v) is 3.60. The number of hydrogen-bond donors (Lipinski definition) is 2. The Bertz CT molecular complexity index is 1270. The van der Waals surface area contributed by atoms with Crippen LogP contribution in [0.2, 0.25) is 0 Å². The second-order valence-electron chi connectivity index (χ2n) is 6.65. The van der Waals surface area contributed by atoms with Crippen LogP contribution in [0, 0.1) is 6.92 Å². The third-order valence-electron chi connectivity index (χ3n) is 4.57. The molecule has 4 rings (SSSR count). The topological polar surface area (TPSA) is 93.5 Å². The number of para-hydroxylation sites is 1. The summed E-state index contributed by atoms with van der Waals surface area (Å²) in [6.07, 6.45) is 0. The normalized spacial score (nSPS) is 10.6. The maximum atomic E-state index is 12.3. The number of ether oxygens (including phenoxy) is 1. The van der Waals surface area contributed by atoms with Crippen LogP contribution < -0.4 is 14.8 Å². The van der Waals surface area contributed by atoms with Gasteiger partial charge in [-0.05, 0) is 60.8 Å². The van der Waals surface area contributed by atoms with Gasteiger partial charge in [0.05, 0.1) is 12.7 Å². The average molecular weight is 433 g/mol. The third kappa shape index (κ3) is 4.54. The van der Waals surface area contributed by atoms with Crippen molar-refractivity contribution in [1.82, 2.24) is 15.0 Å². The molecule has 0 fully saturated rings. The van der Waals surface area contributed by atoms with Crippen molar-refractivity contribution in [3.8, 4) is 17.2 Å². The van der Waals surface area contributed by atoms with Crippen molar-refractivity contribution in [1.29, 1.82) is 0 Å². The van der Waals surface area contributed by atoms with Crippen LogP contribution in [0.3, 0.4) is 0 Å². The van der Waals surface area contributed by atoms with Gasteiger partial charge in [-0.25, -0.2) is 9.78 Å². The average Bonchev–Trinajstić information content (AvgIpc) is 3.21. The summed E-state index contributed by atoms with van der Waals surface area (Å²) in [6.45, 7) is 2.00. The molecule has 0 spiro atoms. The number of amides is 3. The van der Waals surface area contributed by atoms with E-state index < -0.39 is 11.9 Å². The molecule has 31 heavy (non-hydrogen) atoms. The summed E-state index contributed by atoms with van der Waals surface area (Å²) < 4.78 is 13.6. The van der Waals surface area contributed by atoms with E-state index >= 15 is 0 Å². The number of oxazole rings is 1. The van der Waals surface area contributed by atoms with Crippen molar-refractivity contribution in [3.63, 3.8) is 0 Å². The molecule has 3 aromatic carbocycles. The summed E-state index contributed by atoms with van der Waals surface area (Å²) in [5.74, 6) is 0.384. The third-order valence-corrected chi connectivity index (χ3v) is 5.35. The number of urea groups is 1. The van der Waals surface area contributed by atoms with Gasteiger partial charge in [-0.3, -0.25) is 14.8 Å². The van der Waals surface area contributed by atoms with E-state index in [1.54, 1.807) is 30.3 Å². The fraction of sp³-hybridized carbons (Fsp3) is 0.0870. The van der Waals surface area contributed by atoms with Gasteiger partial charge in [0.1, 0.15) is 11.3 Å². The van der Waals surface area contributed by atoms with Crippen LogP contribution in [-0.4, -0.2) is 24.0 Å². The zero-order chi connectivity index (χ0) is 21.8. The van der Waals surface area contributed by atoms with Crippen LogP contribution in [0.5, 0.6) is 5.75 Å². The van der Waals surface area contributed by atoms with Crippen LogP contribution in [-0.2, 0) is 0 Å². The first-order valence-corrected chi connectivity index (χ1v) is 10.2. The number of aryl methyl sites for hydroxylation is 1. The van der Waals surface area contributed by atoms with Gasteiger partial charge in [0.15, 0.2) is 5.58 Å². The summed E-state index contributed by atoms with van der Waals surface area (Å²) in [5.41, 5.74) is 3.61. The molecule has 8 heteroatoms. The van der Waals surface area contributed by atoms with E-state index in [0.717, 1.165) is 28.0 Å². The number of carbonyl (C=O) groups is 2. The highest BCUT2D eigenvalue weighted by Gasteiger charge is 2.15. The van der Waals surface area contributed by atoms with E-state index in [0.29, 0.717) is 22.7 Å². The molecule has 0 atom stereocenters. The summed E-state index contributed by atoms with van der Waals surface area (Å²) >= 11 is 1.07. The summed E-state index contributed by atoms with van der Waals surface area (Å²) in [4.78, 5) is 29.8. The molecule has 0 saturated carbocycles. The van der Waals surface area contributed by atoms with Crippen LogP contribution in [0.15, 0.2) is 76.0 Å². The molecule has 3 amide bonds. The summed E-state index contributed by atoms with van der Waals surface area (Å²) in [7, 11) is 1.46. The number of hydrogen-bond acceptors (Lipinski definition) is 6. The lowest BCUT2D eigenvalue weighted by molar-refractivity contribution is 0.0962. The zero-order valence-corrected chi connectivity index (χ0v) is 17.7. The quantitative estimate of drug-likeness (QED) is 0.432. The molecule has 0 saturated heterocycles. The van der Waals surface area contributed by atoms with Crippen LogP contribution in [0.4, 0.5) is 4.79 Å². The molecule has 0 unspecified atom stereocenters. The van der Waals surface area contributed by atoms with Gasteiger partial charge in [-0.1, -0.05) is 30.3 Å². The molecule has 0 aliphatic rings. The summed E-state index contributed by atoms with van der Waals surface area (Å²) in [6, 6.07) is 19.3. The van der Waals surface area contributed by atoms with Crippen molar-refractivity contribution in [3.05, 3.63) is 77.9 Å². The monoisotopic (exact) mass is 433 g/mol. The molecule has 0 aliphatic carbocycles. The van der Waals surface area contributed by atoms with Gasteiger partial charge in [-0.15, -0.1) is 0 Å². The SMILES string of the molecule is COc1ccccc1C(=O)NC(=O)NSc1ccc2oc(-c3ccccc3C)nc2c1. The first-order chi connectivity index (χ1) is 15.0. The lowest BCUT2D eigenvalue weighted by Crippen LogP contribution is -2.36. The highest BCUT2D eigenvalue weighted by atomic mass is 32.2. The van der Waals surface area contributed by atoms with E-state index in [9.17, 15) is 9.59 Å².